The highest BCUT2D eigenvalue weighted by Crippen LogP contribution is 2.15. The van der Waals surface area contributed by atoms with Gasteiger partial charge in [-0.2, -0.15) is 5.10 Å². The molecule has 1 aliphatic heterocycles. The molecular formula is C10H18N2O. The molecule has 0 N–H and O–H groups in total. The molecule has 1 saturated heterocycles. The fraction of sp³-hybridized carbons (Fsp3) is 0.700. The number of hydrogen-bond donors (Lipinski definition) is 0. The molecule has 0 aliphatic carbocycles. The molecule has 3 nitrogen and oxygen atoms in total. The zero-order valence-electron chi connectivity index (χ0n) is 8.66. The van der Waals surface area contributed by atoms with Crippen LogP contribution in [0.5, 0.6) is 0 Å². The third-order valence-corrected chi connectivity index (χ3v) is 2.02. The molecule has 0 unspecified atom stereocenters. The number of hydrogen-bond acceptors (Lipinski definition) is 2. The van der Waals surface area contributed by atoms with Gasteiger partial charge in [0.05, 0.1) is 24.9 Å². The predicted octanol–water partition coefficient (Wildman–Crippen LogP) is 2.04. The zero-order chi connectivity index (χ0) is 9.68. The molecule has 1 aromatic heterocycles. The summed E-state index contributed by atoms with van der Waals surface area (Å²) in [7, 11) is 0. The SMILES string of the molecule is CC.CCc1ccn(C2COC2)n1. The lowest BCUT2D eigenvalue weighted by atomic mass is 10.3. The molecule has 0 saturated carbocycles. The number of aryl methyl sites for hydroxylation is 1. The van der Waals surface area contributed by atoms with E-state index in [0.717, 1.165) is 25.3 Å². The van der Waals surface area contributed by atoms with E-state index >= 15 is 0 Å². The van der Waals surface area contributed by atoms with Crippen LogP contribution >= 0.6 is 0 Å². The summed E-state index contributed by atoms with van der Waals surface area (Å²) in [6.45, 7) is 7.76. The standard InChI is InChI=1S/C8H12N2O.C2H6/c1-2-7-3-4-10(9-7)8-5-11-6-8;1-2/h3-4,8H,2,5-6H2,1H3;1-2H3. The molecule has 0 amide bonds. The second-order valence-electron chi connectivity index (χ2n) is 2.83. The molecule has 2 rings (SSSR count). The fourth-order valence-corrected chi connectivity index (χ4v) is 1.15. The maximum atomic E-state index is 5.07. The topological polar surface area (TPSA) is 27.1 Å². The van der Waals surface area contributed by atoms with Crippen molar-refractivity contribution in [3.8, 4) is 0 Å². The first-order valence-electron chi connectivity index (χ1n) is 5.02. The van der Waals surface area contributed by atoms with E-state index in [2.05, 4.69) is 18.1 Å². The lowest BCUT2D eigenvalue weighted by molar-refractivity contribution is -0.0287. The Labute approximate surface area is 79.7 Å². The van der Waals surface area contributed by atoms with Crippen molar-refractivity contribution < 1.29 is 4.74 Å². The Hall–Kier alpha value is -0.830. The largest absolute Gasteiger partial charge is 0.377 e. The van der Waals surface area contributed by atoms with E-state index < -0.39 is 0 Å². The van der Waals surface area contributed by atoms with E-state index in [1.807, 2.05) is 24.7 Å². The van der Waals surface area contributed by atoms with Gasteiger partial charge in [0.15, 0.2) is 0 Å². The van der Waals surface area contributed by atoms with Gasteiger partial charge in [-0.1, -0.05) is 20.8 Å². The van der Waals surface area contributed by atoms with Gasteiger partial charge in [-0.3, -0.25) is 4.68 Å². The summed E-state index contributed by atoms with van der Waals surface area (Å²) in [6.07, 6.45) is 3.05. The van der Waals surface area contributed by atoms with Crippen molar-refractivity contribution in [3.63, 3.8) is 0 Å². The van der Waals surface area contributed by atoms with Crippen LogP contribution in [0.4, 0.5) is 0 Å². The van der Waals surface area contributed by atoms with E-state index in [-0.39, 0.29) is 0 Å². The minimum absolute atomic E-state index is 0.496. The fourth-order valence-electron chi connectivity index (χ4n) is 1.15. The van der Waals surface area contributed by atoms with Gasteiger partial charge in [0.2, 0.25) is 0 Å². The molecule has 13 heavy (non-hydrogen) atoms. The Kier molecular flexibility index (Phi) is 3.96. The summed E-state index contributed by atoms with van der Waals surface area (Å²) in [6, 6.07) is 2.56. The van der Waals surface area contributed by atoms with Crippen LogP contribution in [0.1, 0.15) is 32.5 Å². The smallest absolute Gasteiger partial charge is 0.0985 e. The number of ether oxygens (including phenoxy) is 1. The molecule has 2 heterocycles. The average molecular weight is 182 g/mol. The summed E-state index contributed by atoms with van der Waals surface area (Å²) in [5, 5.41) is 4.39. The molecule has 0 bridgehead atoms. The van der Waals surface area contributed by atoms with Crippen molar-refractivity contribution >= 4 is 0 Å². The average Bonchev–Trinajstić information content (AvgIpc) is 2.54. The van der Waals surface area contributed by atoms with Gasteiger partial charge in [0, 0.05) is 6.20 Å². The van der Waals surface area contributed by atoms with E-state index in [1.54, 1.807) is 0 Å². The summed E-state index contributed by atoms with van der Waals surface area (Å²) in [5.41, 5.74) is 1.16. The Balaban J connectivity index is 0.000000396. The van der Waals surface area contributed by atoms with Crippen molar-refractivity contribution in [2.24, 2.45) is 0 Å². The quantitative estimate of drug-likeness (QED) is 0.700. The monoisotopic (exact) mass is 182 g/mol. The minimum atomic E-state index is 0.496. The number of nitrogens with zero attached hydrogens (tertiary/aromatic N) is 2. The van der Waals surface area contributed by atoms with Crippen molar-refractivity contribution in [2.45, 2.75) is 33.2 Å². The normalized spacial score (nSPS) is 15.9. The van der Waals surface area contributed by atoms with Crippen LogP contribution in [0, 0.1) is 0 Å². The third-order valence-electron chi connectivity index (χ3n) is 2.02. The summed E-state index contributed by atoms with van der Waals surface area (Å²) in [5.74, 6) is 0. The Morgan fingerprint density at radius 2 is 2.23 bits per heavy atom. The van der Waals surface area contributed by atoms with Gasteiger partial charge in [-0.15, -0.1) is 0 Å². The lowest BCUT2D eigenvalue weighted by Gasteiger charge is -2.25. The van der Waals surface area contributed by atoms with Crippen LogP contribution in [0.2, 0.25) is 0 Å². The van der Waals surface area contributed by atoms with Crippen molar-refractivity contribution in [1.82, 2.24) is 9.78 Å². The molecule has 0 radical (unpaired) electrons. The van der Waals surface area contributed by atoms with E-state index in [9.17, 15) is 0 Å². The summed E-state index contributed by atoms with van der Waals surface area (Å²) < 4.78 is 7.07. The van der Waals surface area contributed by atoms with Gasteiger partial charge >= 0.3 is 0 Å². The van der Waals surface area contributed by atoms with Crippen LogP contribution in [-0.2, 0) is 11.2 Å². The van der Waals surface area contributed by atoms with Crippen molar-refractivity contribution in [2.75, 3.05) is 13.2 Å². The highest BCUT2D eigenvalue weighted by molar-refractivity contribution is 4.99. The zero-order valence-corrected chi connectivity index (χ0v) is 8.66. The summed E-state index contributed by atoms with van der Waals surface area (Å²) in [4.78, 5) is 0. The maximum Gasteiger partial charge on any atom is 0.0985 e. The Morgan fingerprint density at radius 1 is 1.54 bits per heavy atom. The van der Waals surface area contributed by atoms with Crippen LogP contribution in [-0.4, -0.2) is 23.0 Å². The van der Waals surface area contributed by atoms with Crippen molar-refractivity contribution in [1.29, 1.82) is 0 Å². The first kappa shape index (κ1) is 10.3. The van der Waals surface area contributed by atoms with Crippen molar-refractivity contribution in [3.05, 3.63) is 18.0 Å². The van der Waals surface area contributed by atoms with Gasteiger partial charge in [-0.25, -0.2) is 0 Å². The maximum absolute atomic E-state index is 5.07. The van der Waals surface area contributed by atoms with E-state index in [1.165, 1.54) is 0 Å². The van der Waals surface area contributed by atoms with Gasteiger partial charge in [-0.05, 0) is 12.5 Å². The van der Waals surface area contributed by atoms with E-state index in [0.29, 0.717) is 6.04 Å². The van der Waals surface area contributed by atoms with Crippen LogP contribution in [0.3, 0.4) is 0 Å². The van der Waals surface area contributed by atoms with Crippen LogP contribution in [0.25, 0.3) is 0 Å². The van der Waals surface area contributed by atoms with Gasteiger partial charge in [0.1, 0.15) is 0 Å². The highest BCUT2D eigenvalue weighted by Gasteiger charge is 2.20. The van der Waals surface area contributed by atoms with Crippen LogP contribution in [0.15, 0.2) is 12.3 Å². The predicted molar refractivity (Wildman–Crippen MR) is 52.8 cm³/mol. The number of rotatable bonds is 2. The second kappa shape index (κ2) is 5.02. The van der Waals surface area contributed by atoms with Gasteiger partial charge in [0.25, 0.3) is 0 Å². The first-order chi connectivity index (χ1) is 6.40. The molecule has 0 aromatic carbocycles. The first-order valence-corrected chi connectivity index (χ1v) is 5.02. The summed E-state index contributed by atoms with van der Waals surface area (Å²) >= 11 is 0. The Morgan fingerprint density at radius 3 is 2.62 bits per heavy atom. The molecule has 0 spiro atoms. The molecule has 1 fully saturated rings. The molecule has 1 aromatic rings. The second-order valence-corrected chi connectivity index (χ2v) is 2.83. The molecule has 0 atom stereocenters. The third kappa shape index (κ3) is 2.31. The Bertz CT molecular complexity index is 241. The highest BCUT2D eigenvalue weighted by atomic mass is 16.5. The molecule has 3 heteroatoms. The molecular weight excluding hydrogens is 164 g/mol. The molecule has 1 aliphatic rings. The van der Waals surface area contributed by atoms with Gasteiger partial charge < -0.3 is 4.74 Å². The molecule has 74 valence electrons. The van der Waals surface area contributed by atoms with E-state index in [4.69, 9.17) is 4.74 Å². The number of aromatic nitrogens is 2. The lowest BCUT2D eigenvalue weighted by Crippen LogP contribution is -2.30. The minimum Gasteiger partial charge on any atom is -0.377 e. The van der Waals surface area contributed by atoms with Crippen LogP contribution < -0.4 is 0 Å².